The van der Waals surface area contributed by atoms with Crippen molar-refractivity contribution in [2.45, 2.75) is 13.5 Å². The molecule has 0 fully saturated rings. The number of nitriles is 1. The summed E-state index contributed by atoms with van der Waals surface area (Å²) >= 11 is 0. The molecule has 0 atom stereocenters. The monoisotopic (exact) mass is 494 g/mol. The quantitative estimate of drug-likeness (QED) is 0.244. The third-order valence-corrected chi connectivity index (χ3v) is 5.22. The van der Waals surface area contributed by atoms with Gasteiger partial charge in [-0.1, -0.05) is 0 Å². The van der Waals surface area contributed by atoms with Gasteiger partial charge in [-0.05, 0) is 24.6 Å². The summed E-state index contributed by atoms with van der Waals surface area (Å²) in [5.74, 6) is 2.86. The van der Waals surface area contributed by atoms with Gasteiger partial charge in [-0.25, -0.2) is 28.4 Å². The van der Waals surface area contributed by atoms with E-state index in [1.807, 2.05) is 6.07 Å². The van der Waals surface area contributed by atoms with Crippen LogP contribution in [0.5, 0.6) is 0 Å². The Morgan fingerprint density at radius 2 is 1.72 bits per heavy atom. The second kappa shape index (κ2) is 9.35. The second-order valence-corrected chi connectivity index (χ2v) is 7.67. The number of nitrogen functional groups attached to an aromatic ring is 1. The number of pyridine rings is 2. The van der Waals surface area contributed by atoms with E-state index >= 15 is 0 Å². The van der Waals surface area contributed by atoms with Crippen LogP contribution in [0.1, 0.15) is 5.56 Å². The molecule has 0 aliphatic heterocycles. The fourth-order valence-electron chi connectivity index (χ4n) is 3.68. The molecule has 182 valence electrons. The lowest BCUT2D eigenvalue weighted by Gasteiger charge is -2.25. The van der Waals surface area contributed by atoms with E-state index in [1.54, 1.807) is 6.92 Å². The predicted molar refractivity (Wildman–Crippen MR) is 125 cm³/mol. The smallest absolute Gasteiger partial charge is 0.337 e. The molecule has 0 bridgehead atoms. The van der Waals surface area contributed by atoms with Crippen molar-refractivity contribution < 1.29 is 13.2 Å². The molecule has 0 aliphatic carbocycles. The lowest BCUT2D eigenvalue weighted by Crippen LogP contribution is -2.44. The molecular weight excluding hydrogens is 477 g/mol. The standard InChI is InChI=1S/C23H17F3N8O2/c1-12-4-15(11-30-8-12)33-22(35)21(34(29)19-7-17(26)16(25)6-18(19)28)20(32(3-2-27)23(33)36)13-5-14(24)10-31-9-13/h4-11H,3,28-29H2,1H3. The Labute approximate surface area is 201 Å². The molecule has 0 saturated carbocycles. The highest BCUT2D eigenvalue weighted by molar-refractivity contribution is 5.82. The molecule has 4 aromatic rings. The number of aryl methyl sites for hydroxylation is 1. The van der Waals surface area contributed by atoms with Crippen molar-refractivity contribution in [1.29, 1.82) is 5.26 Å². The van der Waals surface area contributed by atoms with Gasteiger partial charge in [-0.2, -0.15) is 5.26 Å². The predicted octanol–water partition coefficient (Wildman–Crippen LogP) is 2.30. The van der Waals surface area contributed by atoms with Crippen LogP contribution in [0, 0.1) is 35.7 Å². The molecule has 3 heterocycles. The summed E-state index contributed by atoms with van der Waals surface area (Å²) in [5, 5.41) is 10.1. The summed E-state index contributed by atoms with van der Waals surface area (Å²) in [6.07, 6.45) is 4.78. The first-order valence-electron chi connectivity index (χ1n) is 10.2. The maximum Gasteiger partial charge on any atom is 0.337 e. The van der Waals surface area contributed by atoms with E-state index in [1.165, 1.54) is 18.5 Å². The van der Waals surface area contributed by atoms with Crippen LogP contribution >= 0.6 is 0 Å². The first kappa shape index (κ1) is 24.2. The molecule has 36 heavy (non-hydrogen) atoms. The maximum absolute atomic E-state index is 14.1. The maximum atomic E-state index is 14.1. The fourth-order valence-corrected chi connectivity index (χ4v) is 3.68. The van der Waals surface area contributed by atoms with Crippen LogP contribution < -0.4 is 27.8 Å². The van der Waals surface area contributed by atoms with Gasteiger partial charge in [-0.3, -0.25) is 24.3 Å². The first-order valence-corrected chi connectivity index (χ1v) is 10.2. The van der Waals surface area contributed by atoms with Crippen molar-refractivity contribution in [3.05, 3.63) is 92.9 Å². The Kier molecular flexibility index (Phi) is 6.28. The van der Waals surface area contributed by atoms with Gasteiger partial charge in [0.25, 0.3) is 5.56 Å². The molecule has 0 aliphatic rings. The summed E-state index contributed by atoms with van der Waals surface area (Å²) < 4.78 is 43.5. The Morgan fingerprint density at radius 1 is 1.03 bits per heavy atom. The highest BCUT2D eigenvalue weighted by Crippen LogP contribution is 2.34. The number of hydrazine groups is 1. The van der Waals surface area contributed by atoms with Gasteiger partial charge >= 0.3 is 5.69 Å². The number of aromatic nitrogens is 4. The van der Waals surface area contributed by atoms with Gasteiger partial charge in [0.1, 0.15) is 18.0 Å². The zero-order chi connectivity index (χ0) is 26.1. The van der Waals surface area contributed by atoms with Gasteiger partial charge < -0.3 is 5.73 Å². The number of nitrogens with zero attached hydrogens (tertiary/aromatic N) is 6. The van der Waals surface area contributed by atoms with E-state index < -0.39 is 40.9 Å². The molecule has 0 unspecified atom stereocenters. The molecule has 1 aromatic carbocycles. The number of halogens is 3. The Balaban J connectivity index is 2.18. The van der Waals surface area contributed by atoms with Crippen molar-refractivity contribution >= 4 is 17.1 Å². The number of anilines is 3. The zero-order valence-electron chi connectivity index (χ0n) is 18.6. The van der Waals surface area contributed by atoms with Crippen LogP contribution in [0.4, 0.5) is 30.2 Å². The van der Waals surface area contributed by atoms with E-state index in [-0.39, 0.29) is 28.3 Å². The average molecular weight is 494 g/mol. The Bertz CT molecular complexity index is 1660. The minimum absolute atomic E-state index is 0.0496. The molecule has 4 rings (SSSR count). The molecule has 0 saturated heterocycles. The van der Waals surface area contributed by atoms with Crippen molar-refractivity contribution in [2.24, 2.45) is 5.84 Å². The Hall–Kier alpha value is -4.96. The van der Waals surface area contributed by atoms with Crippen molar-refractivity contribution in [3.63, 3.8) is 0 Å². The van der Waals surface area contributed by atoms with Gasteiger partial charge in [0.15, 0.2) is 11.6 Å². The molecule has 3 aromatic heterocycles. The summed E-state index contributed by atoms with van der Waals surface area (Å²) in [4.78, 5) is 35.0. The number of hydrogen-bond donors (Lipinski definition) is 2. The molecule has 0 radical (unpaired) electrons. The fraction of sp³-hybridized carbons (Fsp3) is 0.0870. The lowest BCUT2D eigenvalue weighted by molar-refractivity contribution is 0.509. The Morgan fingerprint density at radius 3 is 2.39 bits per heavy atom. The van der Waals surface area contributed by atoms with Gasteiger partial charge in [0, 0.05) is 30.1 Å². The van der Waals surface area contributed by atoms with E-state index in [2.05, 4.69) is 9.97 Å². The second-order valence-electron chi connectivity index (χ2n) is 7.67. The van der Waals surface area contributed by atoms with Crippen LogP contribution in [0.15, 0.2) is 58.6 Å². The number of hydrogen-bond acceptors (Lipinski definition) is 8. The van der Waals surface area contributed by atoms with Crippen LogP contribution in [0.2, 0.25) is 0 Å². The number of rotatable bonds is 5. The minimum Gasteiger partial charge on any atom is -0.397 e. The lowest BCUT2D eigenvalue weighted by atomic mass is 10.1. The molecule has 4 N–H and O–H groups in total. The third-order valence-electron chi connectivity index (χ3n) is 5.22. The molecular formula is C23H17F3N8O2. The van der Waals surface area contributed by atoms with E-state index in [4.69, 9.17) is 11.6 Å². The van der Waals surface area contributed by atoms with E-state index in [9.17, 15) is 28.0 Å². The van der Waals surface area contributed by atoms with Crippen LogP contribution in [-0.4, -0.2) is 19.1 Å². The van der Waals surface area contributed by atoms with Crippen molar-refractivity contribution in [2.75, 3.05) is 10.7 Å². The minimum atomic E-state index is -1.31. The first-order chi connectivity index (χ1) is 17.1. The molecule has 13 heteroatoms. The zero-order valence-corrected chi connectivity index (χ0v) is 18.6. The average Bonchev–Trinajstić information content (AvgIpc) is 2.82. The third kappa shape index (κ3) is 4.17. The normalized spacial score (nSPS) is 10.8. The largest absolute Gasteiger partial charge is 0.397 e. The molecule has 0 amide bonds. The SMILES string of the molecule is Cc1cncc(-n2c(=O)c(N(N)c3cc(F)c(F)cc3N)c(-c3cncc(F)c3)n(CC#N)c2=O)c1. The van der Waals surface area contributed by atoms with Gasteiger partial charge in [-0.15, -0.1) is 0 Å². The van der Waals surface area contributed by atoms with Crippen molar-refractivity contribution in [1.82, 2.24) is 19.1 Å². The van der Waals surface area contributed by atoms with Crippen LogP contribution in [0.3, 0.4) is 0 Å². The summed E-state index contributed by atoms with van der Waals surface area (Å²) in [7, 11) is 0. The van der Waals surface area contributed by atoms with Crippen LogP contribution in [0.25, 0.3) is 16.9 Å². The topological polar surface area (TPSA) is 149 Å². The highest BCUT2D eigenvalue weighted by Gasteiger charge is 2.27. The molecule has 0 spiro atoms. The van der Waals surface area contributed by atoms with Gasteiger partial charge in [0.2, 0.25) is 0 Å². The van der Waals surface area contributed by atoms with Crippen molar-refractivity contribution in [3.8, 4) is 23.0 Å². The van der Waals surface area contributed by atoms with E-state index in [0.29, 0.717) is 27.3 Å². The number of nitrogens with two attached hydrogens (primary N) is 2. The summed E-state index contributed by atoms with van der Waals surface area (Å²) in [5.41, 5.74) is 3.01. The summed E-state index contributed by atoms with van der Waals surface area (Å²) in [6, 6.07) is 5.61. The summed E-state index contributed by atoms with van der Waals surface area (Å²) in [6.45, 7) is 1.10. The number of benzene rings is 1. The van der Waals surface area contributed by atoms with Gasteiger partial charge in [0.05, 0.1) is 41.2 Å². The highest BCUT2D eigenvalue weighted by atomic mass is 19.2. The molecule has 10 nitrogen and oxygen atoms in total. The van der Waals surface area contributed by atoms with E-state index in [0.717, 1.165) is 23.0 Å². The van der Waals surface area contributed by atoms with Crippen LogP contribution in [-0.2, 0) is 6.54 Å².